The first-order valence-corrected chi connectivity index (χ1v) is 21.8. The smallest absolute Gasteiger partial charge is 0.135 e. The molecule has 0 saturated carbocycles. The Morgan fingerprint density at radius 3 is 1.17 bits per heavy atom. The number of aromatic nitrogens is 2. The SMILES string of the molecule is c1cc(-c2ccc3oc4ccccc4c3c2)cc(-n2c3ccc(-c4ccc(-n5c6ccccc6c6ccccc65)cc4)cc3c3cc(-c4ccc5oc6ccccc6c5c4)ccc32)c1. The number of para-hydroxylation sites is 4. The first kappa shape index (κ1) is 35.0. The molecule has 14 aromatic rings. The normalized spacial score (nSPS) is 12.1. The number of nitrogens with zero attached hydrogens (tertiary/aromatic N) is 2. The number of furan rings is 2. The average Bonchev–Trinajstić information content (AvgIpc) is 4.11. The van der Waals surface area contributed by atoms with Crippen LogP contribution in [0.25, 0.3) is 132 Å². The van der Waals surface area contributed by atoms with Gasteiger partial charge in [0.2, 0.25) is 0 Å². The fraction of sp³-hybridized carbons (Fsp3) is 0. The Balaban J connectivity index is 0.930. The van der Waals surface area contributed by atoms with Crippen molar-refractivity contribution in [3.63, 3.8) is 0 Å². The summed E-state index contributed by atoms with van der Waals surface area (Å²) in [6, 6.07) is 78.8. The monoisotopic (exact) mass is 816 g/mol. The highest BCUT2D eigenvalue weighted by Gasteiger charge is 2.18. The molecule has 0 atom stereocenters. The molecule has 0 bridgehead atoms. The lowest BCUT2D eigenvalue weighted by molar-refractivity contribution is 0.668. The van der Waals surface area contributed by atoms with E-state index in [2.05, 4.69) is 203 Å². The summed E-state index contributed by atoms with van der Waals surface area (Å²) in [4.78, 5) is 0. The maximum absolute atomic E-state index is 6.21. The maximum Gasteiger partial charge on any atom is 0.135 e. The highest BCUT2D eigenvalue weighted by molar-refractivity contribution is 6.13. The van der Waals surface area contributed by atoms with Crippen molar-refractivity contribution in [1.29, 1.82) is 0 Å². The van der Waals surface area contributed by atoms with Gasteiger partial charge in [-0.25, -0.2) is 0 Å². The minimum atomic E-state index is 0.899. The van der Waals surface area contributed by atoms with Gasteiger partial charge in [-0.1, -0.05) is 121 Å². The van der Waals surface area contributed by atoms with Gasteiger partial charge in [0.25, 0.3) is 0 Å². The summed E-state index contributed by atoms with van der Waals surface area (Å²) in [6.07, 6.45) is 0. The number of fused-ring (bicyclic) bond motifs is 12. The number of hydrogen-bond donors (Lipinski definition) is 0. The zero-order valence-corrected chi connectivity index (χ0v) is 34.5. The van der Waals surface area contributed by atoms with Crippen LogP contribution in [0, 0.1) is 0 Å². The van der Waals surface area contributed by atoms with E-state index in [0.29, 0.717) is 0 Å². The molecule has 0 unspecified atom stereocenters. The molecule has 14 rings (SSSR count). The fourth-order valence-electron chi connectivity index (χ4n) is 10.3. The molecule has 0 saturated heterocycles. The second-order valence-electron chi connectivity index (χ2n) is 16.9. The van der Waals surface area contributed by atoms with Crippen LogP contribution in [0.1, 0.15) is 0 Å². The van der Waals surface area contributed by atoms with Gasteiger partial charge < -0.3 is 18.0 Å². The molecule has 0 radical (unpaired) electrons. The van der Waals surface area contributed by atoms with E-state index in [4.69, 9.17) is 8.83 Å². The molecule has 0 amide bonds. The molecule has 298 valence electrons. The molecule has 4 aromatic heterocycles. The molecule has 0 spiro atoms. The Kier molecular flexibility index (Phi) is 7.36. The molecule has 4 heteroatoms. The molecule has 10 aromatic carbocycles. The Morgan fingerprint density at radius 1 is 0.219 bits per heavy atom. The van der Waals surface area contributed by atoms with E-state index in [9.17, 15) is 0 Å². The quantitative estimate of drug-likeness (QED) is 0.173. The van der Waals surface area contributed by atoms with E-state index in [0.717, 1.165) is 88.5 Å². The summed E-state index contributed by atoms with van der Waals surface area (Å²) in [5, 5.41) is 9.44. The summed E-state index contributed by atoms with van der Waals surface area (Å²) < 4.78 is 17.2. The van der Waals surface area contributed by atoms with Crippen LogP contribution < -0.4 is 0 Å². The number of hydrogen-bond acceptors (Lipinski definition) is 2. The first-order valence-electron chi connectivity index (χ1n) is 21.8. The second-order valence-corrected chi connectivity index (χ2v) is 16.9. The van der Waals surface area contributed by atoms with Crippen LogP contribution in [0.4, 0.5) is 0 Å². The molecule has 0 aliphatic heterocycles. The van der Waals surface area contributed by atoms with E-state index in [1.165, 1.54) is 43.7 Å². The fourth-order valence-corrected chi connectivity index (χ4v) is 10.3. The highest BCUT2D eigenvalue weighted by atomic mass is 16.3. The van der Waals surface area contributed by atoms with Crippen LogP contribution in [0.3, 0.4) is 0 Å². The van der Waals surface area contributed by atoms with Crippen molar-refractivity contribution in [3.05, 3.63) is 218 Å². The van der Waals surface area contributed by atoms with Crippen LogP contribution in [0.5, 0.6) is 0 Å². The Morgan fingerprint density at radius 2 is 0.609 bits per heavy atom. The molecule has 64 heavy (non-hydrogen) atoms. The van der Waals surface area contributed by atoms with Gasteiger partial charge in [-0.2, -0.15) is 0 Å². The minimum absolute atomic E-state index is 0.899. The summed E-state index contributed by atoms with van der Waals surface area (Å²) in [7, 11) is 0. The van der Waals surface area contributed by atoms with Gasteiger partial charge in [0.15, 0.2) is 0 Å². The van der Waals surface area contributed by atoms with Crippen LogP contribution in [-0.2, 0) is 0 Å². The first-order chi connectivity index (χ1) is 31.7. The van der Waals surface area contributed by atoms with Crippen LogP contribution in [0.15, 0.2) is 227 Å². The molecule has 0 aliphatic rings. The van der Waals surface area contributed by atoms with Crippen LogP contribution in [0.2, 0.25) is 0 Å². The van der Waals surface area contributed by atoms with Crippen molar-refractivity contribution < 1.29 is 8.83 Å². The third-order valence-corrected chi connectivity index (χ3v) is 13.3. The molecule has 4 heterocycles. The molecule has 4 nitrogen and oxygen atoms in total. The molecule has 0 aliphatic carbocycles. The van der Waals surface area contributed by atoms with Crippen molar-refractivity contribution in [2.24, 2.45) is 0 Å². The molecular weight excluding hydrogens is 781 g/mol. The van der Waals surface area contributed by atoms with E-state index < -0.39 is 0 Å². The van der Waals surface area contributed by atoms with Crippen molar-refractivity contribution in [2.75, 3.05) is 0 Å². The summed E-state index contributed by atoms with van der Waals surface area (Å²) in [5.41, 5.74) is 17.6. The largest absolute Gasteiger partial charge is 0.456 e. The number of rotatable bonds is 5. The zero-order valence-electron chi connectivity index (χ0n) is 34.5. The van der Waals surface area contributed by atoms with Crippen molar-refractivity contribution in [3.8, 4) is 44.8 Å². The molecule has 0 N–H and O–H groups in total. The predicted octanol–water partition coefficient (Wildman–Crippen LogP) is 16.7. The van der Waals surface area contributed by atoms with Gasteiger partial charge >= 0.3 is 0 Å². The van der Waals surface area contributed by atoms with Gasteiger partial charge in [-0.05, 0) is 130 Å². The third-order valence-electron chi connectivity index (χ3n) is 13.3. The van der Waals surface area contributed by atoms with E-state index in [1.807, 2.05) is 24.3 Å². The van der Waals surface area contributed by atoms with E-state index in [1.54, 1.807) is 0 Å². The van der Waals surface area contributed by atoms with Crippen molar-refractivity contribution >= 4 is 87.5 Å². The maximum atomic E-state index is 6.21. The lowest BCUT2D eigenvalue weighted by Gasteiger charge is -2.12. The zero-order chi connectivity index (χ0) is 41.9. The highest BCUT2D eigenvalue weighted by Crippen LogP contribution is 2.41. The Bertz CT molecular complexity index is 4140. The molecule has 0 fully saturated rings. The van der Waals surface area contributed by atoms with Crippen LogP contribution in [-0.4, -0.2) is 9.13 Å². The van der Waals surface area contributed by atoms with Gasteiger partial charge in [0, 0.05) is 54.5 Å². The van der Waals surface area contributed by atoms with Gasteiger partial charge in [-0.3, -0.25) is 0 Å². The van der Waals surface area contributed by atoms with Gasteiger partial charge in [0.05, 0.1) is 22.1 Å². The van der Waals surface area contributed by atoms with E-state index >= 15 is 0 Å². The second kappa shape index (κ2) is 13.4. The summed E-state index contributed by atoms with van der Waals surface area (Å²) in [6.45, 7) is 0. The number of benzene rings is 10. The minimum Gasteiger partial charge on any atom is -0.456 e. The summed E-state index contributed by atoms with van der Waals surface area (Å²) in [5.74, 6) is 0. The van der Waals surface area contributed by atoms with Crippen molar-refractivity contribution in [1.82, 2.24) is 9.13 Å². The third kappa shape index (κ3) is 5.23. The summed E-state index contributed by atoms with van der Waals surface area (Å²) >= 11 is 0. The Labute approximate surface area is 367 Å². The predicted molar refractivity (Wildman–Crippen MR) is 266 cm³/mol. The Hall–Kier alpha value is -8.60. The van der Waals surface area contributed by atoms with Gasteiger partial charge in [0.1, 0.15) is 22.3 Å². The lowest BCUT2D eigenvalue weighted by Crippen LogP contribution is -1.95. The lowest BCUT2D eigenvalue weighted by atomic mass is 9.99. The van der Waals surface area contributed by atoms with E-state index in [-0.39, 0.29) is 0 Å². The van der Waals surface area contributed by atoms with Crippen molar-refractivity contribution in [2.45, 2.75) is 0 Å². The van der Waals surface area contributed by atoms with Gasteiger partial charge in [-0.15, -0.1) is 0 Å². The standard InChI is InChI=1S/C60H36N2O2/c1-5-16-53-45(12-1)46-13-2-6-17-54(46)61(53)43-26-20-37(21-27-43)39-22-28-55-49(33-39)50-34-40(42-25-31-60-52(36-42)48-15-4-8-19-58(48)64-60)23-29-56(50)62(55)44-11-9-10-38(32-44)41-24-30-59-51(35-41)47-14-3-7-18-57(47)63-59/h1-36H. The van der Waals surface area contributed by atoms with Crippen LogP contribution >= 0.6 is 0 Å². The average molecular weight is 817 g/mol. The molecular formula is C60H36N2O2. The topological polar surface area (TPSA) is 36.1 Å².